The number of nitrogens with zero attached hydrogens (tertiary/aromatic N) is 3. The molecule has 3 saturated heterocycles. The van der Waals surface area contributed by atoms with Gasteiger partial charge in [-0.2, -0.15) is 0 Å². The predicted molar refractivity (Wildman–Crippen MR) is 102 cm³/mol. The molecule has 3 fully saturated rings. The summed E-state index contributed by atoms with van der Waals surface area (Å²) in [6.45, 7) is 7.31. The second-order valence-corrected chi connectivity index (χ2v) is 8.26. The zero-order valence-electron chi connectivity index (χ0n) is 16.1. The zero-order chi connectivity index (χ0) is 18.5. The molecule has 6 heteroatoms. The Morgan fingerprint density at radius 3 is 3.00 bits per heavy atom. The third kappa shape index (κ3) is 4.86. The molecule has 0 radical (unpaired) electrons. The van der Waals surface area contributed by atoms with Crippen LogP contribution in [-0.4, -0.2) is 78.8 Å². The summed E-state index contributed by atoms with van der Waals surface area (Å²) in [5.41, 5.74) is 1.01. The largest absolute Gasteiger partial charge is 0.379 e. The maximum atomic E-state index is 12.7. The number of pyridine rings is 1. The minimum atomic E-state index is -0.112. The Bertz CT molecular complexity index is 620. The van der Waals surface area contributed by atoms with Crippen LogP contribution in [0.3, 0.4) is 0 Å². The summed E-state index contributed by atoms with van der Waals surface area (Å²) in [6, 6.07) is 3.96. The van der Waals surface area contributed by atoms with Crippen molar-refractivity contribution < 1.29 is 14.3 Å². The van der Waals surface area contributed by atoms with Crippen molar-refractivity contribution in [2.24, 2.45) is 5.92 Å². The first kappa shape index (κ1) is 18.8. The topological polar surface area (TPSA) is 54.9 Å². The van der Waals surface area contributed by atoms with Crippen LogP contribution >= 0.6 is 0 Å². The lowest BCUT2D eigenvalue weighted by Gasteiger charge is -2.40. The fourth-order valence-electron chi connectivity index (χ4n) is 4.76. The van der Waals surface area contributed by atoms with Gasteiger partial charge in [0.2, 0.25) is 5.91 Å². The van der Waals surface area contributed by atoms with Crippen LogP contribution in [0.4, 0.5) is 0 Å². The number of ether oxygens (including phenoxy) is 2. The molecule has 4 rings (SSSR count). The van der Waals surface area contributed by atoms with E-state index in [2.05, 4.69) is 9.88 Å². The average molecular weight is 373 g/mol. The van der Waals surface area contributed by atoms with E-state index in [0.717, 1.165) is 83.8 Å². The maximum absolute atomic E-state index is 12.7. The molecule has 0 bridgehead atoms. The van der Waals surface area contributed by atoms with Crippen molar-refractivity contribution in [3.05, 3.63) is 30.1 Å². The Morgan fingerprint density at radius 1 is 1.30 bits per heavy atom. The van der Waals surface area contributed by atoms with Crippen LogP contribution in [0, 0.1) is 5.92 Å². The van der Waals surface area contributed by atoms with Gasteiger partial charge in [-0.25, -0.2) is 0 Å². The summed E-state index contributed by atoms with van der Waals surface area (Å²) in [4.78, 5) is 21.4. The first-order valence-corrected chi connectivity index (χ1v) is 10.3. The van der Waals surface area contributed by atoms with Gasteiger partial charge >= 0.3 is 0 Å². The van der Waals surface area contributed by atoms with Crippen LogP contribution in [0.2, 0.25) is 0 Å². The van der Waals surface area contributed by atoms with Crippen LogP contribution in [0.1, 0.15) is 31.2 Å². The highest BCUT2D eigenvalue weighted by molar-refractivity contribution is 5.76. The van der Waals surface area contributed by atoms with Gasteiger partial charge in [0, 0.05) is 51.5 Å². The molecular formula is C21H31N3O3. The summed E-state index contributed by atoms with van der Waals surface area (Å²) < 4.78 is 11.8. The van der Waals surface area contributed by atoms with E-state index in [-0.39, 0.29) is 11.5 Å². The normalized spacial score (nSPS) is 29.3. The third-order valence-electron chi connectivity index (χ3n) is 6.15. The van der Waals surface area contributed by atoms with E-state index in [0.29, 0.717) is 12.3 Å². The van der Waals surface area contributed by atoms with Gasteiger partial charge in [0.25, 0.3) is 0 Å². The molecule has 0 N–H and O–H groups in total. The van der Waals surface area contributed by atoms with Crippen LogP contribution in [0.15, 0.2) is 24.5 Å². The molecule has 3 aliphatic rings. The van der Waals surface area contributed by atoms with Crippen molar-refractivity contribution in [1.82, 2.24) is 14.8 Å². The number of aryl methyl sites for hydroxylation is 1. The van der Waals surface area contributed by atoms with E-state index >= 15 is 0 Å². The van der Waals surface area contributed by atoms with Gasteiger partial charge in [0.05, 0.1) is 25.4 Å². The number of aromatic nitrogens is 1. The van der Waals surface area contributed by atoms with Gasteiger partial charge in [-0.3, -0.25) is 14.7 Å². The van der Waals surface area contributed by atoms with Gasteiger partial charge in [0.1, 0.15) is 0 Å². The number of likely N-dealkylation sites (tertiary alicyclic amines) is 1. The van der Waals surface area contributed by atoms with E-state index in [1.807, 2.05) is 23.2 Å². The Morgan fingerprint density at radius 2 is 2.19 bits per heavy atom. The van der Waals surface area contributed by atoms with Gasteiger partial charge < -0.3 is 14.4 Å². The number of hydrogen-bond acceptors (Lipinski definition) is 5. The minimum Gasteiger partial charge on any atom is -0.379 e. The number of carbonyl (C=O) groups excluding carboxylic acids is 1. The van der Waals surface area contributed by atoms with E-state index in [4.69, 9.17) is 9.47 Å². The van der Waals surface area contributed by atoms with Crippen molar-refractivity contribution in [1.29, 1.82) is 0 Å². The molecule has 1 spiro atoms. The first-order valence-electron chi connectivity index (χ1n) is 10.3. The summed E-state index contributed by atoms with van der Waals surface area (Å²) in [6.07, 6.45) is 8.14. The van der Waals surface area contributed by atoms with Gasteiger partial charge in [-0.1, -0.05) is 6.07 Å². The maximum Gasteiger partial charge on any atom is 0.223 e. The minimum absolute atomic E-state index is 0.112. The molecule has 4 heterocycles. The molecule has 0 aliphatic carbocycles. The quantitative estimate of drug-likeness (QED) is 0.787. The molecule has 2 unspecified atom stereocenters. The molecule has 1 aromatic rings. The SMILES string of the molecule is O=C(CCc1cccnc1)N1CCCC2(CC(CN3CCOCC3)CO2)C1. The first-order chi connectivity index (χ1) is 13.2. The smallest absolute Gasteiger partial charge is 0.223 e. The number of rotatable bonds is 5. The zero-order valence-corrected chi connectivity index (χ0v) is 16.1. The van der Waals surface area contributed by atoms with Crippen LogP contribution in [0.5, 0.6) is 0 Å². The van der Waals surface area contributed by atoms with E-state index in [1.54, 1.807) is 6.20 Å². The highest BCUT2D eigenvalue weighted by Gasteiger charge is 2.44. The number of amides is 1. The number of hydrogen-bond donors (Lipinski definition) is 0. The summed E-state index contributed by atoms with van der Waals surface area (Å²) in [5, 5.41) is 0. The van der Waals surface area contributed by atoms with Gasteiger partial charge in [-0.05, 0) is 43.2 Å². The van der Waals surface area contributed by atoms with Crippen LogP contribution in [-0.2, 0) is 20.7 Å². The van der Waals surface area contributed by atoms with Crippen molar-refractivity contribution in [3.63, 3.8) is 0 Å². The molecule has 0 saturated carbocycles. The van der Waals surface area contributed by atoms with E-state index < -0.39 is 0 Å². The molecule has 148 valence electrons. The molecule has 1 aromatic heterocycles. The predicted octanol–water partition coefficient (Wildman–Crippen LogP) is 1.74. The molecule has 2 atom stereocenters. The fraction of sp³-hybridized carbons (Fsp3) is 0.714. The van der Waals surface area contributed by atoms with Gasteiger partial charge in [0.15, 0.2) is 0 Å². The molecule has 6 nitrogen and oxygen atoms in total. The van der Waals surface area contributed by atoms with Gasteiger partial charge in [-0.15, -0.1) is 0 Å². The monoisotopic (exact) mass is 373 g/mol. The Kier molecular flexibility index (Phi) is 6.05. The average Bonchev–Trinajstić information content (AvgIpc) is 3.09. The Balaban J connectivity index is 1.27. The van der Waals surface area contributed by atoms with E-state index in [1.165, 1.54) is 0 Å². The Hall–Kier alpha value is -1.50. The highest BCUT2D eigenvalue weighted by Crippen LogP contribution is 2.38. The van der Waals surface area contributed by atoms with Crippen LogP contribution in [0.25, 0.3) is 0 Å². The summed E-state index contributed by atoms with van der Waals surface area (Å²) in [7, 11) is 0. The second-order valence-electron chi connectivity index (χ2n) is 8.26. The third-order valence-corrected chi connectivity index (χ3v) is 6.15. The summed E-state index contributed by atoms with van der Waals surface area (Å²) >= 11 is 0. The second kappa shape index (κ2) is 8.67. The molecule has 27 heavy (non-hydrogen) atoms. The van der Waals surface area contributed by atoms with Crippen molar-refractivity contribution in [3.8, 4) is 0 Å². The fourth-order valence-corrected chi connectivity index (χ4v) is 4.76. The van der Waals surface area contributed by atoms with Crippen molar-refractivity contribution >= 4 is 5.91 Å². The lowest BCUT2D eigenvalue weighted by molar-refractivity contribution is -0.139. The standard InChI is InChI=1S/C21H31N3O3/c25-20(5-4-18-3-1-7-22-14-18)24-8-2-6-21(17-24)13-19(16-27-21)15-23-9-11-26-12-10-23/h1,3,7,14,19H,2,4-6,8-13,15-17H2. The highest BCUT2D eigenvalue weighted by atomic mass is 16.5. The summed E-state index contributed by atoms with van der Waals surface area (Å²) in [5.74, 6) is 0.826. The number of morpholine rings is 1. The van der Waals surface area contributed by atoms with Crippen LogP contribution < -0.4 is 0 Å². The van der Waals surface area contributed by atoms with Crippen molar-refractivity contribution in [2.45, 2.75) is 37.7 Å². The Labute approximate surface area is 161 Å². The molecule has 0 aromatic carbocycles. The molecular weight excluding hydrogens is 342 g/mol. The van der Waals surface area contributed by atoms with Crippen molar-refractivity contribution in [2.75, 3.05) is 52.5 Å². The molecule has 3 aliphatic heterocycles. The number of piperidine rings is 1. The lowest BCUT2D eigenvalue weighted by atomic mass is 9.86. The lowest BCUT2D eigenvalue weighted by Crippen LogP contribution is -2.50. The number of carbonyl (C=O) groups is 1. The van der Waals surface area contributed by atoms with E-state index in [9.17, 15) is 4.79 Å². The molecule has 1 amide bonds.